The van der Waals surface area contributed by atoms with Crippen molar-refractivity contribution < 1.29 is 4.79 Å². The van der Waals surface area contributed by atoms with Gasteiger partial charge in [0.05, 0.1) is 0 Å². The van der Waals surface area contributed by atoms with Gasteiger partial charge in [0.2, 0.25) is 5.91 Å². The quantitative estimate of drug-likeness (QED) is 0.935. The molecule has 0 bridgehead atoms. The Hall–Kier alpha value is -1.95. The predicted octanol–water partition coefficient (Wildman–Crippen LogP) is 2.26. The highest BCUT2D eigenvalue weighted by atomic mass is 79.9. The molecule has 2 aromatic rings. The number of benzene rings is 1. The van der Waals surface area contributed by atoms with Crippen LogP contribution in [0.25, 0.3) is 0 Å². The molecule has 0 unspecified atom stereocenters. The number of aryl methyl sites for hydroxylation is 2. The fourth-order valence-corrected chi connectivity index (χ4v) is 2.12. The van der Waals surface area contributed by atoms with Crippen LogP contribution in [0.3, 0.4) is 0 Å². The molecule has 0 radical (unpaired) electrons. The summed E-state index contributed by atoms with van der Waals surface area (Å²) in [6.45, 7) is 3.57. The second-order valence-corrected chi connectivity index (χ2v) is 5.32. The van der Waals surface area contributed by atoms with Gasteiger partial charge < -0.3 is 5.32 Å². The zero-order valence-corrected chi connectivity index (χ0v) is 12.8. The summed E-state index contributed by atoms with van der Waals surface area (Å²) in [6.07, 6.45) is 1.44. The Morgan fingerprint density at radius 2 is 2.15 bits per heavy atom. The molecule has 0 spiro atoms. The van der Waals surface area contributed by atoms with Gasteiger partial charge in [0.1, 0.15) is 16.8 Å². The van der Waals surface area contributed by atoms with Gasteiger partial charge in [-0.1, -0.05) is 12.1 Å². The topological polar surface area (TPSA) is 64.0 Å². The molecule has 1 heterocycles. The van der Waals surface area contributed by atoms with Crippen molar-refractivity contribution in [3.63, 3.8) is 0 Å². The first-order valence-corrected chi connectivity index (χ1v) is 6.85. The standard InChI is InChI=1S/C14H14BrN3O2/c1-9-4-3-5-11(6-9)17-13(19)8-18-10(2)16-7-12(15)14(18)20/h3-7H,8H2,1-2H3,(H,17,19). The highest BCUT2D eigenvalue weighted by Gasteiger charge is 2.10. The first-order chi connectivity index (χ1) is 9.47. The Kier molecular flexibility index (Phi) is 4.34. The van der Waals surface area contributed by atoms with Crippen molar-refractivity contribution in [2.75, 3.05) is 5.32 Å². The molecule has 5 nitrogen and oxygen atoms in total. The largest absolute Gasteiger partial charge is 0.325 e. The van der Waals surface area contributed by atoms with Gasteiger partial charge in [-0.05, 0) is 47.5 Å². The number of halogens is 1. The third-order valence-corrected chi connectivity index (χ3v) is 3.35. The number of nitrogens with zero attached hydrogens (tertiary/aromatic N) is 2. The van der Waals surface area contributed by atoms with E-state index in [1.54, 1.807) is 13.0 Å². The summed E-state index contributed by atoms with van der Waals surface area (Å²) >= 11 is 3.12. The third-order valence-electron chi connectivity index (χ3n) is 2.81. The minimum Gasteiger partial charge on any atom is -0.325 e. The molecule has 0 aliphatic rings. The molecule has 6 heteroatoms. The van der Waals surface area contributed by atoms with E-state index in [1.807, 2.05) is 25.1 Å². The van der Waals surface area contributed by atoms with Crippen LogP contribution in [0.15, 0.2) is 39.7 Å². The number of hydrogen-bond acceptors (Lipinski definition) is 3. The normalized spacial score (nSPS) is 10.3. The molecule has 2 rings (SSSR count). The predicted molar refractivity (Wildman–Crippen MR) is 80.7 cm³/mol. The van der Waals surface area contributed by atoms with E-state index in [0.717, 1.165) is 5.56 Å². The van der Waals surface area contributed by atoms with Crippen LogP contribution < -0.4 is 10.9 Å². The average Bonchev–Trinajstić information content (AvgIpc) is 2.39. The van der Waals surface area contributed by atoms with Crippen LogP contribution in [0, 0.1) is 13.8 Å². The Balaban J connectivity index is 2.17. The summed E-state index contributed by atoms with van der Waals surface area (Å²) in [5.41, 5.74) is 1.50. The van der Waals surface area contributed by atoms with Gasteiger partial charge in [0.25, 0.3) is 5.56 Å². The van der Waals surface area contributed by atoms with E-state index >= 15 is 0 Å². The molecular weight excluding hydrogens is 322 g/mol. The lowest BCUT2D eigenvalue weighted by molar-refractivity contribution is -0.116. The number of anilines is 1. The maximum absolute atomic E-state index is 12.0. The molecule has 0 saturated heterocycles. The highest BCUT2D eigenvalue weighted by Crippen LogP contribution is 2.09. The molecule has 0 fully saturated rings. The van der Waals surface area contributed by atoms with Crippen LogP contribution in [-0.2, 0) is 11.3 Å². The molecule has 0 aliphatic carbocycles. The lowest BCUT2D eigenvalue weighted by Crippen LogP contribution is -2.30. The van der Waals surface area contributed by atoms with Crippen molar-refractivity contribution in [3.8, 4) is 0 Å². The molecular formula is C14H14BrN3O2. The molecule has 104 valence electrons. The monoisotopic (exact) mass is 335 g/mol. The zero-order valence-electron chi connectivity index (χ0n) is 11.2. The van der Waals surface area contributed by atoms with Crippen molar-refractivity contribution in [2.45, 2.75) is 20.4 Å². The van der Waals surface area contributed by atoms with Gasteiger partial charge in [-0.15, -0.1) is 0 Å². The first-order valence-electron chi connectivity index (χ1n) is 6.06. The second-order valence-electron chi connectivity index (χ2n) is 4.46. The number of carbonyl (C=O) groups excluding carboxylic acids is 1. The van der Waals surface area contributed by atoms with Crippen LogP contribution >= 0.6 is 15.9 Å². The van der Waals surface area contributed by atoms with Crippen LogP contribution in [0.5, 0.6) is 0 Å². The fraction of sp³-hybridized carbons (Fsp3) is 0.214. The smallest absolute Gasteiger partial charge is 0.268 e. The lowest BCUT2D eigenvalue weighted by Gasteiger charge is -2.10. The van der Waals surface area contributed by atoms with E-state index in [-0.39, 0.29) is 18.0 Å². The van der Waals surface area contributed by atoms with E-state index < -0.39 is 0 Å². The van der Waals surface area contributed by atoms with Gasteiger partial charge >= 0.3 is 0 Å². The fourth-order valence-electron chi connectivity index (χ4n) is 1.80. The van der Waals surface area contributed by atoms with Crippen LogP contribution in [0.4, 0.5) is 5.69 Å². The maximum atomic E-state index is 12.0. The van der Waals surface area contributed by atoms with Gasteiger partial charge in [0.15, 0.2) is 0 Å². The summed E-state index contributed by atoms with van der Waals surface area (Å²) < 4.78 is 1.67. The molecule has 0 atom stereocenters. The van der Waals surface area contributed by atoms with Crippen molar-refractivity contribution in [3.05, 3.63) is 56.7 Å². The molecule has 0 saturated carbocycles. The van der Waals surface area contributed by atoms with Crippen LogP contribution in [0.1, 0.15) is 11.4 Å². The van der Waals surface area contributed by atoms with E-state index in [1.165, 1.54) is 10.8 Å². The van der Waals surface area contributed by atoms with Gasteiger partial charge in [-0.3, -0.25) is 14.2 Å². The summed E-state index contributed by atoms with van der Waals surface area (Å²) in [4.78, 5) is 28.0. The Morgan fingerprint density at radius 3 is 2.85 bits per heavy atom. The molecule has 20 heavy (non-hydrogen) atoms. The van der Waals surface area contributed by atoms with Crippen LogP contribution in [-0.4, -0.2) is 15.5 Å². The number of amides is 1. The zero-order chi connectivity index (χ0) is 14.7. The Morgan fingerprint density at radius 1 is 1.40 bits per heavy atom. The third kappa shape index (κ3) is 3.33. The maximum Gasteiger partial charge on any atom is 0.268 e. The Labute approximate surface area is 124 Å². The molecule has 0 aliphatic heterocycles. The number of nitrogens with one attached hydrogen (secondary N) is 1. The van der Waals surface area contributed by atoms with Crippen molar-refractivity contribution in [2.24, 2.45) is 0 Å². The summed E-state index contributed by atoms with van der Waals surface area (Å²) in [6, 6.07) is 7.48. The van der Waals surface area contributed by atoms with Gasteiger partial charge in [-0.2, -0.15) is 0 Å². The van der Waals surface area contributed by atoms with E-state index in [2.05, 4.69) is 26.2 Å². The summed E-state index contributed by atoms with van der Waals surface area (Å²) in [5, 5.41) is 2.76. The molecule has 1 amide bonds. The average molecular weight is 336 g/mol. The molecule has 1 aromatic carbocycles. The molecule has 1 N–H and O–H groups in total. The lowest BCUT2D eigenvalue weighted by atomic mass is 10.2. The minimum absolute atomic E-state index is 0.0644. The van der Waals surface area contributed by atoms with E-state index in [9.17, 15) is 9.59 Å². The first kappa shape index (κ1) is 14.5. The van der Waals surface area contributed by atoms with Crippen molar-refractivity contribution in [1.29, 1.82) is 0 Å². The van der Waals surface area contributed by atoms with Crippen molar-refractivity contribution >= 4 is 27.5 Å². The van der Waals surface area contributed by atoms with Gasteiger partial charge in [0, 0.05) is 11.9 Å². The van der Waals surface area contributed by atoms with E-state index in [4.69, 9.17) is 0 Å². The highest BCUT2D eigenvalue weighted by molar-refractivity contribution is 9.10. The summed E-state index contributed by atoms with van der Waals surface area (Å²) in [5.74, 6) is 0.235. The second kappa shape index (κ2) is 6.00. The molecule has 1 aromatic heterocycles. The minimum atomic E-state index is -0.267. The number of rotatable bonds is 3. The summed E-state index contributed by atoms with van der Waals surface area (Å²) in [7, 11) is 0. The van der Waals surface area contributed by atoms with Gasteiger partial charge in [-0.25, -0.2) is 4.98 Å². The number of hydrogen-bond donors (Lipinski definition) is 1. The van der Waals surface area contributed by atoms with Crippen LogP contribution in [0.2, 0.25) is 0 Å². The van der Waals surface area contributed by atoms with E-state index in [0.29, 0.717) is 16.0 Å². The Bertz CT molecular complexity index is 710. The number of aromatic nitrogens is 2. The number of carbonyl (C=O) groups is 1. The SMILES string of the molecule is Cc1cccc(NC(=O)Cn2c(C)ncc(Br)c2=O)c1. The van der Waals surface area contributed by atoms with Crippen molar-refractivity contribution in [1.82, 2.24) is 9.55 Å².